The van der Waals surface area contributed by atoms with Crippen molar-refractivity contribution in [2.24, 2.45) is 0 Å². The van der Waals surface area contributed by atoms with Crippen LogP contribution in [0.4, 0.5) is 5.69 Å². The van der Waals surface area contributed by atoms with Gasteiger partial charge in [0.05, 0.1) is 5.75 Å². The number of hydrogen-bond acceptors (Lipinski definition) is 5. The van der Waals surface area contributed by atoms with E-state index in [9.17, 15) is 4.79 Å². The topological polar surface area (TPSA) is 78.9 Å². The van der Waals surface area contributed by atoms with Crippen LogP contribution >= 0.6 is 11.8 Å². The average Bonchev–Trinajstić information content (AvgIpc) is 2.97. The number of nitrogens with zero attached hydrogens (tertiary/aromatic N) is 2. The van der Waals surface area contributed by atoms with Crippen LogP contribution in [0.3, 0.4) is 0 Å². The van der Waals surface area contributed by atoms with Crippen molar-refractivity contribution in [1.29, 1.82) is 5.26 Å². The van der Waals surface area contributed by atoms with Crippen molar-refractivity contribution in [3.05, 3.63) is 47.5 Å². The molecule has 0 aliphatic heterocycles. The number of carbonyl (C=O) groups is 1. The SMILES string of the molecule is Cc1ccccc1-c1nc2cc(NC(=O)CSC#N)cc(C)c2o1. The second kappa shape index (κ2) is 6.77. The number of fused-ring (bicyclic) bond motifs is 1. The highest BCUT2D eigenvalue weighted by Gasteiger charge is 2.13. The second-order valence-corrected chi connectivity index (χ2v) is 6.16. The lowest BCUT2D eigenvalue weighted by Crippen LogP contribution is -2.13. The molecule has 0 fully saturated rings. The third-order valence-corrected chi connectivity index (χ3v) is 4.14. The van der Waals surface area contributed by atoms with Gasteiger partial charge in [0.15, 0.2) is 5.58 Å². The molecule has 120 valence electrons. The first-order valence-electron chi connectivity index (χ1n) is 7.36. The van der Waals surface area contributed by atoms with E-state index in [1.807, 2.05) is 49.6 Å². The zero-order chi connectivity index (χ0) is 17.1. The Kier molecular flexibility index (Phi) is 4.54. The van der Waals surface area contributed by atoms with Crippen LogP contribution in [0.1, 0.15) is 11.1 Å². The molecule has 5 nitrogen and oxygen atoms in total. The Morgan fingerprint density at radius 1 is 1.29 bits per heavy atom. The number of nitriles is 1. The smallest absolute Gasteiger partial charge is 0.235 e. The molecule has 24 heavy (non-hydrogen) atoms. The highest BCUT2D eigenvalue weighted by Crippen LogP contribution is 2.30. The molecule has 1 amide bonds. The number of thioether (sulfide) groups is 1. The number of hydrogen-bond donors (Lipinski definition) is 1. The van der Waals surface area contributed by atoms with Gasteiger partial charge in [0.25, 0.3) is 0 Å². The summed E-state index contributed by atoms with van der Waals surface area (Å²) in [6.45, 7) is 3.92. The molecule has 0 atom stereocenters. The summed E-state index contributed by atoms with van der Waals surface area (Å²) in [6, 6.07) is 11.5. The third kappa shape index (κ3) is 3.26. The van der Waals surface area contributed by atoms with E-state index >= 15 is 0 Å². The molecule has 1 heterocycles. The largest absolute Gasteiger partial charge is 0.436 e. The molecular formula is C18H15N3O2S. The van der Waals surface area contributed by atoms with Crippen molar-refractivity contribution in [3.8, 4) is 16.9 Å². The standard InChI is InChI=1S/C18H15N3O2S/c1-11-5-3-4-6-14(11)18-21-15-8-13(7-12(2)17(15)23-18)20-16(22)9-24-10-19/h3-8H,9H2,1-2H3,(H,20,22). The highest BCUT2D eigenvalue weighted by atomic mass is 32.2. The number of aryl methyl sites for hydroxylation is 2. The first-order chi connectivity index (χ1) is 11.6. The van der Waals surface area contributed by atoms with Crippen LogP contribution < -0.4 is 5.32 Å². The van der Waals surface area contributed by atoms with E-state index in [1.165, 1.54) is 0 Å². The molecule has 0 spiro atoms. The maximum atomic E-state index is 11.8. The molecule has 0 radical (unpaired) electrons. The van der Waals surface area contributed by atoms with E-state index in [2.05, 4.69) is 10.3 Å². The second-order valence-electron chi connectivity index (χ2n) is 5.40. The molecule has 0 unspecified atom stereocenters. The molecule has 3 rings (SSSR count). The van der Waals surface area contributed by atoms with Crippen LogP contribution in [0.5, 0.6) is 0 Å². The number of anilines is 1. The van der Waals surface area contributed by atoms with Gasteiger partial charge in [-0.3, -0.25) is 4.79 Å². The lowest BCUT2D eigenvalue weighted by Gasteiger charge is -2.04. The van der Waals surface area contributed by atoms with Crippen molar-refractivity contribution < 1.29 is 9.21 Å². The quantitative estimate of drug-likeness (QED) is 0.719. The number of nitrogens with one attached hydrogen (secondary N) is 1. The summed E-state index contributed by atoms with van der Waals surface area (Å²) in [7, 11) is 0. The lowest BCUT2D eigenvalue weighted by molar-refractivity contribution is -0.113. The zero-order valence-electron chi connectivity index (χ0n) is 13.3. The predicted octanol–water partition coefficient (Wildman–Crippen LogP) is 4.26. The van der Waals surface area contributed by atoms with Gasteiger partial charge in [0.1, 0.15) is 10.9 Å². The number of amides is 1. The highest BCUT2D eigenvalue weighted by molar-refractivity contribution is 8.04. The van der Waals surface area contributed by atoms with Crippen LogP contribution in [0.25, 0.3) is 22.6 Å². The van der Waals surface area contributed by atoms with Crippen LogP contribution in [-0.2, 0) is 4.79 Å². The molecule has 0 saturated heterocycles. The molecule has 0 aliphatic carbocycles. The Morgan fingerprint density at radius 2 is 2.08 bits per heavy atom. The Morgan fingerprint density at radius 3 is 2.83 bits per heavy atom. The fourth-order valence-electron chi connectivity index (χ4n) is 2.50. The minimum absolute atomic E-state index is 0.0981. The van der Waals surface area contributed by atoms with E-state index in [1.54, 1.807) is 6.07 Å². The zero-order valence-corrected chi connectivity index (χ0v) is 14.1. The summed E-state index contributed by atoms with van der Waals surface area (Å²) >= 11 is 0.906. The summed E-state index contributed by atoms with van der Waals surface area (Å²) in [4.78, 5) is 16.3. The number of oxazole rings is 1. The molecule has 3 aromatic rings. The van der Waals surface area contributed by atoms with Gasteiger partial charge in [-0.25, -0.2) is 4.98 Å². The monoisotopic (exact) mass is 337 g/mol. The summed E-state index contributed by atoms with van der Waals surface area (Å²) in [5, 5.41) is 13.2. The summed E-state index contributed by atoms with van der Waals surface area (Å²) in [5.41, 5.74) is 4.97. The van der Waals surface area contributed by atoms with Crippen molar-refractivity contribution in [2.75, 3.05) is 11.1 Å². The maximum absolute atomic E-state index is 11.8. The van der Waals surface area contributed by atoms with Gasteiger partial charge in [0, 0.05) is 11.3 Å². The molecular weight excluding hydrogens is 322 g/mol. The fraction of sp³-hybridized carbons (Fsp3) is 0.167. The van der Waals surface area contributed by atoms with Gasteiger partial charge in [-0.1, -0.05) is 18.2 Å². The van der Waals surface area contributed by atoms with Crippen LogP contribution in [0, 0.1) is 24.5 Å². The third-order valence-electron chi connectivity index (χ3n) is 3.60. The van der Waals surface area contributed by atoms with E-state index in [0.717, 1.165) is 28.5 Å². The number of benzene rings is 2. The maximum Gasteiger partial charge on any atom is 0.235 e. The molecule has 1 aromatic heterocycles. The Bertz CT molecular complexity index is 957. The van der Waals surface area contributed by atoms with Gasteiger partial charge in [-0.2, -0.15) is 5.26 Å². The average molecular weight is 337 g/mol. The van der Waals surface area contributed by atoms with Gasteiger partial charge in [-0.15, -0.1) is 0 Å². The number of thiocyanates is 1. The minimum atomic E-state index is -0.220. The molecule has 6 heteroatoms. The summed E-state index contributed by atoms with van der Waals surface area (Å²) in [5.74, 6) is 0.443. The van der Waals surface area contributed by atoms with Crippen LogP contribution in [-0.4, -0.2) is 16.6 Å². The van der Waals surface area contributed by atoms with Crippen molar-refractivity contribution >= 4 is 34.5 Å². The molecule has 0 bridgehead atoms. The fourth-order valence-corrected chi connectivity index (χ4v) is 2.76. The van der Waals surface area contributed by atoms with Gasteiger partial charge in [0.2, 0.25) is 11.8 Å². The molecule has 2 aromatic carbocycles. The van der Waals surface area contributed by atoms with E-state index in [4.69, 9.17) is 9.68 Å². The van der Waals surface area contributed by atoms with E-state index in [-0.39, 0.29) is 11.7 Å². The predicted molar refractivity (Wildman–Crippen MR) is 95.6 cm³/mol. The number of rotatable bonds is 4. The Labute approximate surface area is 143 Å². The summed E-state index contributed by atoms with van der Waals surface area (Å²) in [6.07, 6.45) is 0. The first-order valence-corrected chi connectivity index (χ1v) is 8.35. The Hall–Kier alpha value is -2.78. The summed E-state index contributed by atoms with van der Waals surface area (Å²) < 4.78 is 5.92. The van der Waals surface area contributed by atoms with Gasteiger partial charge < -0.3 is 9.73 Å². The van der Waals surface area contributed by atoms with Crippen LogP contribution in [0.15, 0.2) is 40.8 Å². The normalized spacial score (nSPS) is 10.5. The van der Waals surface area contributed by atoms with Crippen molar-refractivity contribution in [2.45, 2.75) is 13.8 Å². The van der Waals surface area contributed by atoms with Crippen molar-refractivity contribution in [1.82, 2.24) is 4.98 Å². The minimum Gasteiger partial charge on any atom is -0.436 e. The molecule has 0 aliphatic rings. The molecule has 1 N–H and O–H groups in total. The van der Waals surface area contributed by atoms with Crippen LogP contribution in [0.2, 0.25) is 0 Å². The van der Waals surface area contributed by atoms with Gasteiger partial charge in [-0.05, 0) is 54.9 Å². The van der Waals surface area contributed by atoms with E-state index in [0.29, 0.717) is 22.7 Å². The van der Waals surface area contributed by atoms with Gasteiger partial charge >= 0.3 is 0 Å². The lowest BCUT2D eigenvalue weighted by atomic mass is 10.1. The van der Waals surface area contributed by atoms with Crippen molar-refractivity contribution in [3.63, 3.8) is 0 Å². The molecule has 0 saturated carbocycles. The first kappa shape index (κ1) is 16.1. The number of carbonyl (C=O) groups excluding carboxylic acids is 1. The number of aromatic nitrogens is 1. The Balaban J connectivity index is 1.96. The van der Waals surface area contributed by atoms with E-state index < -0.39 is 0 Å².